The molecule has 2 aromatic heterocycles. The number of thioether (sulfide) groups is 1. The van der Waals surface area contributed by atoms with Crippen molar-refractivity contribution in [3.63, 3.8) is 0 Å². The number of carbonyl (C=O) groups excluding carboxylic acids is 1. The summed E-state index contributed by atoms with van der Waals surface area (Å²) in [6.45, 7) is 1.94. The Morgan fingerprint density at radius 1 is 1.14 bits per heavy atom. The van der Waals surface area contributed by atoms with E-state index in [1.54, 1.807) is 37.0 Å². The molecule has 1 atom stereocenters. The number of alkyl halides is 3. The van der Waals surface area contributed by atoms with Crippen LogP contribution >= 0.6 is 11.8 Å². The van der Waals surface area contributed by atoms with E-state index in [4.69, 9.17) is 9.15 Å². The lowest BCUT2D eigenvalue weighted by Crippen LogP contribution is -2.23. The van der Waals surface area contributed by atoms with E-state index in [1.807, 2.05) is 24.3 Å². The van der Waals surface area contributed by atoms with E-state index in [9.17, 15) is 18.0 Å². The van der Waals surface area contributed by atoms with Gasteiger partial charge in [-0.15, -0.1) is 10.2 Å². The minimum atomic E-state index is -4.50. The zero-order chi connectivity index (χ0) is 25.0. The van der Waals surface area contributed by atoms with Crippen molar-refractivity contribution in [3.8, 4) is 17.1 Å². The summed E-state index contributed by atoms with van der Waals surface area (Å²) in [5, 5.41) is 10.9. The highest BCUT2D eigenvalue weighted by molar-refractivity contribution is 8.00. The smallest absolute Gasteiger partial charge is 0.416 e. The summed E-state index contributed by atoms with van der Waals surface area (Å²) < 4.78 is 51.7. The number of anilines is 1. The minimum Gasteiger partial charge on any atom is -0.496 e. The van der Waals surface area contributed by atoms with E-state index in [0.29, 0.717) is 34.6 Å². The largest absolute Gasteiger partial charge is 0.496 e. The number of methoxy groups -OCH3 is 1. The summed E-state index contributed by atoms with van der Waals surface area (Å²) in [6.07, 6.45) is -2.95. The van der Waals surface area contributed by atoms with Gasteiger partial charge in [0.15, 0.2) is 11.0 Å². The highest BCUT2D eigenvalue weighted by atomic mass is 32.2. The van der Waals surface area contributed by atoms with E-state index in [2.05, 4.69) is 15.5 Å². The van der Waals surface area contributed by atoms with Crippen LogP contribution in [-0.2, 0) is 17.5 Å². The lowest BCUT2D eigenvalue weighted by Gasteiger charge is -2.15. The number of nitrogens with one attached hydrogen (secondary N) is 1. The van der Waals surface area contributed by atoms with E-state index >= 15 is 0 Å². The van der Waals surface area contributed by atoms with Crippen LogP contribution in [0.5, 0.6) is 5.75 Å². The number of amides is 1. The molecular formula is C24H21F3N4O3S. The Kier molecular flexibility index (Phi) is 7.15. The molecule has 0 saturated carbocycles. The van der Waals surface area contributed by atoms with Crippen LogP contribution in [0.2, 0.25) is 0 Å². The molecule has 1 N–H and O–H groups in total. The number of hydrogen-bond acceptors (Lipinski definition) is 6. The molecule has 0 unspecified atom stereocenters. The molecule has 2 aromatic carbocycles. The molecule has 0 bridgehead atoms. The number of aromatic nitrogens is 3. The normalized spacial score (nSPS) is 12.4. The topological polar surface area (TPSA) is 82.2 Å². The lowest BCUT2D eigenvalue weighted by molar-refractivity contribution is -0.137. The van der Waals surface area contributed by atoms with Crippen molar-refractivity contribution in [1.29, 1.82) is 0 Å². The highest BCUT2D eigenvalue weighted by Gasteiger charge is 2.31. The maximum Gasteiger partial charge on any atom is 0.416 e. The van der Waals surface area contributed by atoms with Crippen molar-refractivity contribution in [1.82, 2.24) is 14.8 Å². The van der Waals surface area contributed by atoms with Crippen LogP contribution in [0.15, 0.2) is 76.5 Å². The number of furan rings is 1. The van der Waals surface area contributed by atoms with Gasteiger partial charge in [-0.1, -0.05) is 30.0 Å². The maximum atomic E-state index is 13.0. The zero-order valence-corrected chi connectivity index (χ0v) is 19.6. The molecular weight excluding hydrogens is 481 g/mol. The molecule has 0 spiro atoms. The number of halogens is 3. The molecule has 0 radical (unpaired) electrons. The van der Waals surface area contributed by atoms with Crippen molar-refractivity contribution in [2.45, 2.75) is 30.1 Å². The number of nitrogens with zero attached hydrogens (tertiary/aromatic N) is 3. The predicted molar refractivity (Wildman–Crippen MR) is 125 cm³/mol. The van der Waals surface area contributed by atoms with Crippen LogP contribution in [0, 0.1) is 0 Å². The average molecular weight is 503 g/mol. The molecule has 0 fully saturated rings. The first-order valence-electron chi connectivity index (χ1n) is 10.5. The van der Waals surface area contributed by atoms with E-state index in [-0.39, 0.29) is 5.69 Å². The number of rotatable bonds is 8. The molecule has 7 nitrogen and oxygen atoms in total. The maximum absolute atomic E-state index is 13.0. The second kappa shape index (κ2) is 10.3. The summed E-state index contributed by atoms with van der Waals surface area (Å²) in [4.78, 5) is 12.8. The third kappa shape index (κ3) is 5.68. The van der Waals surface area contributed by atoms with Crippen molar-refractivity contribution in [2.24, 2.45) is 0 Å². The molecule has 0 saturated heterocycles. The Morgan fingerprint density at radius 3 is 2.66 bits per heavy atom. The second-order valence-electron chi connectivity index (χ2n) is 7.50. The Hall–Kier alpha value is -3.73. The van der Waals surface area contributed by atoms with Crippen LogP contribution in [0.3, 0.4) is 0 Å². The molecule has 0 aliphatic carbocycles. The first kappa shape index (κ1) is 24.4. The van der Waals surface area contributed by atoms with E-state index < -0.39 is 22.9 Å². The summed E-state index contributed by atoms with van der Waals surface area (Å²) in [6, 6.07) is 15.4. The van der Waals surface area contributed by atoms with Crippen molar-refractivity contribution >= 4 is 23.4 Å². The highest BCUT2D eigenvalue weighted by Crippen LogP contribution is 2.34. The Morgan fingerprint density at radius 2 is 1.94 bits per heavy atom. The Labute approximate surface area is 203 Å². The second-order valence-corrected chi connectivity index (χ2v) is 8.81. The predicted octanol–water partition coefficient (Wildman–Crippen LogP) is 5.73. The van der Waals surface area contributed by atoms with Gasteiger partial charge in [-0.05, 0) is 49.4 Å². The molecule has 1 amide bonds. The van der Waals surface area contributed by atoms with Gasteiger partial charge in [0.05, 0.1) is 36.3 Å². The fraction of sp³-hybridized carbons (Fsp3) is 0.208. The fourth-order valence-corrected chi connectivity index (χ4v) is 4.18. The van der Waals surface area contributed by atoms with E-state index in [1.165, 1.54) is 12.1 Å². The lowest BCUT2D eigenvalue weighted by atomic mass is 10.2. The summed E-state index contributed by atoms with van der Waals surface area (Å²) in [5.74, 6) is 1.31. The number of ether oxygens (including phenoxy) is 1. The molecule has 4 rings (SSSR count). The molecule has 182 valence electrons. The van der Waals surface area contributed by atoms with Crippen LogP contribution in [0.1, 0.15) is 18.2 Å². The van der Waals surface area contributed by atoms with Gasteiger partial charge in [0.25, 0.3) is 0 Å². The average Bonchev–Trinajstić information content (AvgIpc) is 3.49. The Bertz CT molecular complexity index is 1310. The summed E-state index contributed by atoms with van der Waals surface area (Å²) >= 11 is 1.13. The number of carbonyl (C=O) groups is 1. The number of hydrogen-bond donors (Lipinski definition) is 1. The van der Waals surface area contributed by atoms with Crippen LogP contribution in [0.25, 0.3) is 11.4 Å². The number of para-hydroxylation sites is 1. The van der Waals surface area contributed by atoms with Crippen molar-refractivity contribution in [3.05, 3.63) is 78.3 Å². The third-order valence-electron chi connectivity index (χ3n) is 5.07. The van der Waals surface area contributed by atoms with Gasteiger partial charge in [0, 0.05) is 5.69 Å². The molecule has 11 heteroatoms. The van der Waals surface area contributed by atoms with Crippen LogP contribution < -0.4 is 10.1 Å². The van der Waals surface area contributed by atoms with Gasteiger partial charge in [-0.3, -0.25) is 9.36 Å². The quantitative estimate of drug-likeness (QED) is 0.310. The molecule has 35 heavy (non-hydrogen) atoms. The summed E-state index contributed by atoms with van der Waals surface area (Å²) in [7, 11) is 1.56. The van der Waals surface area contributed by atoms with Crippen LogP contribution in [0.4, 0.5) is 18.9 Å². The van der Waals surface area contributed by atoms with Gasteiger partial charge in [0.2, 0.25) is 5.91 Å². The minimum absolute atomic E-state index is 0.0593. The van der Waals surface area contributed by atoms with Gasteiger partial charge < -0.3 is 14.5 Å². The van der Waals surface area contributed by atoms with Gasteiger partial charge in [0.1, 0.15) is 11.5 Å². The van der Waals surface area contributed by atoms with Gasteiger partial charge >= 0.3 is 6.18 Å². The monoisotopic (exact) mass is 502 g/mol. The molecule has 2 heterocycles. The Balaban J connectivity index is 1.59. The zero-order valence-electron chi connectivity index (χ0n) is 18.7. The summed E-state index contributed by atoms with van der Waals surface area (Å²) in [5.41, 5.74) is -0.0683. The van der Waals surface area contributed by atoms with Crippen LogP contribution in [-0.4, -0.2) is 33.0 Å². The SMILES string of the molecule is COc1ccccc1-c1nnc(S[C@@H](C)C(=O)Nc2cccc(C(F)(F)F)c2)n1Cc1ccco1. The first-order chi connectivity index (χ1) is 16.8. The molecule has 0 aliphatic rings. The third-order valence-corrected chi connectivity index (χ3v) is 6.15. The number of benzene rings is 2. The van der Waals surface area contributed by atoms with Gasteiger partial charge in [-0.2, -0.15) is 13.2 Å². The fourth-order valence-electron chi connectivity index (χ4n) is 3.33. The first-order valence-corrected chi connectivity index (χ1v) is 11.4. The van der Waals surface area contributed by atoms with Crippen molar-refractivity contribution < 1.29 is 27.1 Å². The van der Waals surface area contributed by atoms with Gasteiger partial charge in [-0.25, -0.2) is 0 Å². The molecule has 0 aliphatic heterocycles. The van der Waals surface area contributed by atoms with Crippen molar-refractivity contribution in [2.75, 3.05) is 12.4 Å². The standard InChI is InChI=1S/C24H21F3N4O3S/c1-15(22(32)28-17-8-5-7-16(13-17)24(25,26)27)35-23-30-29-21(19-10-3-4-11-20(19)33-2)31(23)14-18-9-6-12-34-18/h3-13,15H,14H2,1-2H3,(H,28,32)/t15-/m0/s1. The van der Waals surface area contributed by atoms with E-state index in [0.717, 1.165) is 23.9 Å². The molecule has 4 aromatic rings.